The van der Waals surface area contributed by atoms with Crippen molar-refractivity contribution in [2.24, 2.45) is 0 Å². The number of oxazole rings is 1. The first-order valence-electron chi connectivity index (χ1n) is 12.4. The molecule has 0 aliphatic heterocycles. The molecule has 0 amide bonds. The lowest BCUT2D eigenvalue weighted by Crippen LogP contribution is -2.16. The van der Waals surface area contributed by atoms with Gasteiger partial charge in [-0.1, -0.05) is 23.7 Å². The van der Waals surface area contributed by atoms with Crippen molar-refractivity contribution in [1.29, 1.82) is 0 Å². The zero-order valence-corrected chi connectivity index (χ0v) is 22.9. The van der Waals surface area contributed by atoms with Gasteiger partial charge in [-0.25, -0.2) is 14.1 Å². The van der Waals surface area contributed by atoms with E-state index in [4.69, 9.17) is 16.0 Å². The van der Waals surface area contributed by atoms with Crippen LogP contribution in [0.3, 0.4) is 0 Å². The van der Waals surface area contributed by atoms with Gasteiger partial charge in [0, 0.05) is 29.7 Å². The van der Waals surface area contributed by atoms with Gasteiger partial charge in [0.1, 0.15) is 22.4 Å². The number of nitrogens with zero attached hydrogens (tertiary/aromatic N) is 3. The molecule has 0 unspecified atom stereocenters. The summed E-state index contributed by atoms with van der Waals surface area (Å²) in [6, 6.07) is 12.7. The molecule has 2 heterocycles. The van der Waals surface area contributed by atoms with Gasteiger partial charge in [0.15, 0.2) is 17.3 Å². The third-order valence-corrected chi connectivity index (χ3v) is 6.70. The molecule has 0 bridgehead atoms. The zero-order chi connectivity index (χ0) is 31.3. The lowest BCUT2D eigenvalue weighted by Gasteiger charge is -2.14. The third kappa shape index (κ3) is 6.22. The minimum absolute atomic E-state index is 0.0307. The number of benzene rings is 3. The summed E-state index contributed by atoms with van der Waals surface area (Å²) in [4.78, 5) is 4.36. The number of aromatic nitrogens is 3. The molecule has 0 aliphatic rings. The van der Waals surface area contributed by atoms with Gasteiger partial charge >= 0.3 is 12.5 Å². The molecule has 43 heavy (non-hydrogen) atoms. The predicted octanol–water partition coefficient (Wildman–Crippen LogP) is 8.68. The number of rotatable bonds is 6. The predicted molar refractivity (Wildman–Crippen MR) is 142 cm³/mol. The van der Waals surface area contributed by atoms with Crippen LogP contribution >= 0.6 is 11.6 Å². The smallest absolute Gasteiger partial charge is 0.440 e. The van der Waals surface area contributed by atoms with Crippen LogP contribution in [0.5, 0.6) is 5.75 Å². The fourth-order valence-electron chi connectivity index (χ4n) is 4.51. The van der Waals surface area contributed by atoms with E-state index in [1.54, 1.807) is 13.0 Å². The van der Waals surface area contributed by atoms with Gasteiger partial charge in [-0.15, -0.1) is 13.2 Å². The maximum absolute atomic E-state index is 14.7. The number of aryl methyl sites for hydroxylation is 2. The van der Waals surface area contributed by atoms with E-state index < -0.39 is 36.4 Å². The van der Waals surface area contributed by atoms with Crippen LogP contribution in [-0.2, 0) is 12.8 Å². The van der Waals surface area contributed by atoms with E-state index in [9.17, 15) is 35.8 Å². The van der Waals surface area contributed by atoms with Gasteiger partial charge in [-0.3, -0.25) is 0 Å². The summed E-state index contributed by atoms with van der Waals surface area (Å²) in [6.07, 6.45) is -9.70. The van der Waals surface area contributed by atoms with E-state index in [0.29, 0.717) is 28.3 Å². The Hall–Kier alpha value is -4.36. The van der Waals surface area contributed by atoms with Crippen molar-refractivity contribution in [3.63, 3.8) is 0 Å². The fourth-order valence-corrected chi connectivity index (χ4v) is 4.74. The van der Waals surface area contributed by atoms with E-state index in [2.05, 4.69) is 14.8 Å². The Morgan fingerprint density at radius 1 is 0.907 bits per heavy atom. The largest absolute Gasteiger partial charge is 0.573 e. The molecule has 0 spiro atoms. The van der Waals surface area contributed by atoms with E-state index in [-0.39, 0.29) is 39.3 Å². The zero-order valence-electron chi connectivity index (χ0n) is 22.1. The normalized spacial score (nSPS) is 12.2. The van der Waals surface area contributed by atoms with Crippen molar-refractivity contribution in [3.05, 3.63) is 94.3 Å². The second-order valence-electron chi connectivity index (χ2n) is 9.39. The lowest BCUT2D eigenvalue weighted by atomic mass is 9.96. The van der Waals surface area contributed by atoms with Gasteiger partial charge in [-0.2, -0.15) is 18.3 Å². The van der Waals surface area contributed by atoms with Crippen molar-refractivity contribution >= 4 is 11.6 Å². The van der Waals surface area contributed by atoms with Crippen LogP contribution in [0.15, 0.2) is 65.1 Å². The summed E-state index contributed by atoms with van der Waals surface area (Å²) in [5.41, 5.74) is 0.752. The Balaban J connectivity index is 1.72. The van der Waals surface area contributed by atoms with Crippen LogP contribution in [-0.4, -0.2) is 26.2 Å². The van der Waals surface area contributed by atoms with Crippen LogP contribution in [0.4, 0.5) is 30.7 Å². The van der Waals surface area contributed by atoms with Crippen LogP contribution in [0.2, 0.25) is 5.15 Å². The monoisotopic (exact) mass is 625 g/mol. The van der Waals surface area contributed by atoms with Crippen molar-refractivity contribution in [2.45, 2.75) is 33.0 Å². The molecule has 0 atom stereocenters. The van der Waals surface area contributed by atoms with Gasteiger partial charge in [0.05, 0.1) is 12.3 Å². The van der Waals surface area contributed by atoms with Crippen LogP contribution in [0.1, 0.15) is 22.7 Å². The Morgan fingerprint density at radius 2 is 1.58 bits per heavy atom. The number of halogens is 8. The molecule has 6 nitrogen and oxygen atoms in total. The number of aliphatic hydroxyl groups excluding tert-OH is 1. The van der Waals surface area contributed by atoms with Gasteiger partial charge < -0.3 is 14.3 Å². The number of ether oxygens (including phenoxy) is 1. The van der Waals surface area contributed by atoms with Crippen molar-refractivity contribution in [3.8, 4) is 45.1 Å². The molecule has 14 heteroatoms. The number of hydrogen-bond donors (Lipinski definition) is 1. The SMILES string of the molecule is Cc1nc(-c2ccc(OC(F)(F)F)cc2)c(-c2cc(-c3cc(C)c(CO)c(F)c3)ccc2-n2nc(C(F)(F)F)cc2Cl)o1. The standard InChI is InChI=1S/C29H19ClF7N3O3/c1-14-9-18(11-22(31)21(14)13-41)17-5-8-23(40-25(30)12-24(39-40)28(32,33)34)20(10-17)27-26(38-15(2)42-27)16-3-6-19(7-4-16)43-29(35,36)37/h3-12,41H,13H2,1-2H3. The van der Waals surface area contributed by atoms with Crippen LogP contribution in [0.25, 0.3) is 39.4 Å². The Bertz CT molecular complexity index is 1790. The number of hydrogen-bond acceptors (Lipinski definition) is 5. The summed E-state index contributed by atoms with van der Waals surface area (Å²) in [7, 11) is 0. The Morgan fingerprint density at radius 3 is 2.16 bits per heavy atom. The minimum Gasteiger partial charge on any atom is -0.440 e. The molecule has 1 N–H and O–H groups in total. The lowest BCUT2D eigenvalue weighted by molar-refractivity contribution is -0.274. The van der Waals surface area contributed by atoms with Crippen molar-refractivity contribution < 1.29 is 45.0 Å². The summed E-state index contributed by atoms with van der Waals surface area (Å²) >= 11 is 6.18. The summed E-state index contributed by atoms with van der Waals surface area (Å²) in [5, 5.41) is 12.7. The molecule has 224 valence electrons. The first-order valence-corrected chi connectivity index (χ1v) is 12.7. The summed E-state index contributed by atoms with van der Waals surface area (Å²) in [5.74, 6) is -0.977. The van der Waals surface area contributed by atoms with E-state index in [0.717, 1.165) is 16.8 Å². The van der Waals surface area contributed by atoms with Crippen molar-refractivity contribution in [1.82, 2.24) is 14.8 Å². The second-order valence-corrected chi connectivity index (χ2v) is 9.78. The summed E-state index contributed by atoms with van der Waals surface area (Å²) < 4.78 is 104. The molecule has 0 saturated heterocycles. The van der Waals surface area contributed by atoms with E-state index in [1.165, 1.54) is 43.3 Å². The molecule has 0 radical (unpaired) electrons. The topological polar surface area (TPSA) is 73.3 Å². The Kier molecular flexibility index (Phi) is 7.73. The highest BCUT2D eigenvalue weighted by Crippen LogP contribution is 2.41. The highest BCUT2D eigenvalue weighted by molar-refractivity contribution is 6.30. The quantitative estimate of drug-likeness (QED) is 0.191. The molecule has 0 fully saturated rings. The van der Waals surface area contributed by atoms with Crippen LogP contribution < -0.4 is 4.74 Å². The third-order valence-electron chi connectivity index (χ3n) is 6.43. The average molecular weight is 626 g/mol. The average Bonchev–Trinajstić information content (AvgIpc) is 3.50. The minimum atomic E-state index is -4.90. The van der Waals surface area contributed by atoms with Gasteiger partial charge in [0.2, 0.25) is 0 Å². The highest BCUT2D eigenvalue weighted by Gasteiger charge is 2.35. The molecule has 5 rings (SSSR count). The molecule has 5 aromatic rings. The maximum atomic E-state index is 14.7. The van der Waals surface area contributed by atoms with Crippen molar-refractivity contribution in [2.75, 3.05) is 0 Å². The first-order chi connectivity index (χ1) is 20.1. The highest BCUT2D eigenvalue weighted by atomic mass is 35.5. The summed E-state index contributed by atoms with van der Waals surface area (Å²) in [6.45, 7) is 2.60. The van der Waals surface area contributed by atoms with Gasteiger partial charge in [-0.05, 0) is 66.1 Å². The molecule has 0 aliphatic carbocycles. The maximum Gasteiger partial charge on any atom is 0.573 e. The van der Waals surface area contributed by atoms with E-state index in [1.807, 2.05) is 0 Å². The number of aliphatic hydroxyl groups is 1. The van der Waals surface area contributed by atoms with Gasteiger partial charge in [0.25, 0.3) is 0 Å². The molecule has 2 aromatic heterocycles. The van der Waals surface area contributed by atoms with E-state index >= 15 is 0 Å². The Labute approximate surface area is 243 Å². The fraction of sp³-hybridized carbons (Fsp3) is 0.172. The molecular formula is C29H19ClF7N3O3. The molecular weight excluding hydrogens is 607 g/mol. The number of alkyl halides is 6. The van der Waals surface area contributed by atoms with Crippen LogP contribution in [0, 0.1) is 19.7 Å². The molecule has 0 saturated carbocycles. The first kappa shape index (κ1) is 30.1. The second kappa shape index (κ2) is 11.0. The molecule has 3 aromatic carbocycles.